The smallest absolute Gasteiger partial charge is 0.252 e. The molecule has 0 unspecified atom stereocenters. The minimum Gasteiger partial charge on any atom is -0.497 e. The van der Waals surface area contributed by atoms with Crippen molar-refractivity contribution in [2.75, 3.05) is 12.0 Å². The lowest BCUT2D eigenvalue weighted by Gasteiger charge is -2.34. The number of anilines is 1. The number of nitrogens with one attached hydrogen (secondary N) is 1. The molecule has 2 atom stereocenters. The molecule has 1 N–H and O–H groups in total. The summed E-state index contributed by atoms with van der Waals surface area (Å²) in [5.41, 5.74) is 3.42. The summed E-state index contributed by atoms with van der Waals surface area (Å²) in [5, 5.41) is 12.7. The van der Waals surface area contributed by atoms with E-state index in [4.69, 9.17) is 4.74 Å². The largest absolute Gasteiger partial charge is 0.497 e. The van der Waals surface area contributed by atoms with Crippen LogP contribution in [0.5, 0.6) is 5.75 Å². The molecule has 0 saturated heterocycles. The van der Waals surface area contributed by atoms with E-state index in [1.165, 1.54) is 6.42 Å². The molecule has 0 aliphatic heterocycles. The van der Waals surface area contributed by atoms with E-state index in [9.17, 15) is 9.59 Å². The first kappa shape index (κ1) is 27.4. The molecule has 2 aromatic heterocycles. The number of fused-ring (bicyclic) bond motifs is 2. The van der Waals surface area contributed by atoms with Crippen molar-refractivity contribution in [2.24, 2.45) is 0 Å². The van der Waals surface area contributed by atoms with E-state index >= 15 is 0 Å². The van der Waals surface area contributed by atoms with Gasteiger partial charge in [0, 0.05) is 11.4 Å². The van der Waals surface area contributed by atoms with Gasteiger partial charge in [-0.25, -0.2) is 4.68 Å². The number of aromatic nitrogens is 4. The minimum absolute atomic E-state index is 0.0651. The Hall–Kier alpha value is -4.79. The van der Waals surface area contributed by atoms with Gasteiger partial charge in [0.05, 0.1) is 30.0 Å². The highest BCUT2D eigenvalue weighted by Gasteiger charge is 2.37. The first-order valence-corrected chi connectivity index (χ1v) is 14.5. The number of carbonyl (C=O) groups excluding carboxylic acids is 2. The van der Waals surface area contributed by atoms with Gasteiger partial charge in [0.1, 0.15) is 23.3 Å². The summed E-state index contributed by atoms with van der Waals surface area (Å²) < 4.78 is 7.00. The normalized spacial score (nSPS) is 15.3. The van der Waals surface area contributed by atoms with Crippen LogP contribution in [0.15, 0.2) is 85.1 Å². The summed E-state index contributed by atoms with van der Waals surface area (Å²) in [6.45, 7) is 1.79. The molecular weight excluding hydrogens is 528 g/mol. The molecule has 3 aromatic carbocycles. The maximum absolute atomic E-state index is 14.7. The number of amides is 2. The Morgan fingerprint density at radius 2 is 1.67 bits per heavy atom. The molecule has 1 saturated carbocycles. The third-order valence-corrected chi connectivity index (χ3v) is 8.08. The van der Waals surface area contributed by atoms with Crippen LogP contribution in [0.4, 0.5) is 5.69 Å². The monoisotopic (exact) mass is 562 g/mol. The van der Waals surface area contributed by atoms with E-state index < -0.39 is 12.1 Å². The van der Waals surface area contributed by atoms with Gasteiger partial charge in [0.2, 0.25) is 5.91 Å². The quantitative estimate of drug-likeness (QED) is 0.258. The standard InChI is InChI=1S/C33H34N6O3/c1-22(39-30-15-9-8-14-29(30)36-37-39)33(41)38(26-20-24-10-6-7-13-28(24)34-21-26)31(23-16-18-27(42-2)19-17-23)32(40)35-25-11-4-3-5-12-25/h6-10,13-22,25,31H,3-5,11-12H2,1-2H3,(H,35,40)/t22-,31-/m0/s1. The van der Waals surface area contributed by atoms with Crippen LogP contribution in [-0.4, -0.2) is 44.9 Å². The zero-order valence-corrected chi connectivity index (χ0v) is 23.8. The zero-order valence-electron chi connectivity index (χ0n) is 23.8. The molecule has 0 radical (unpaired) electrons. The van der Waals surface area contributed by atoms with Gasteiger partial charge in [0.15, 0.2) is 0 Å². The van der Waals surface area contributed by atoms with Crippen LogP contribution < -0.4 is 15.0 Å². The SMILES string of the molecule is COc1ccc([C@@H](C(=O)NC2CCCCC2)N(C(=O)[C@H](C)n2nnc3ccccc32)c2cnc3ccccc3c2)cc1. The van der Waals surface area contributed by atoms with Crippen molar-refractivity contribution in [3.63, 3.8) is 0 Å². The van der Waals surface area contributed by atoms with Gasteiger partial charge in [-0.2, -0.15) is 0 Å². The molecule has 2 amide bonds. The number of benzene rings is 3. The van der Waals surface area contributed by atoms with Gasteiger partial charge in [0.25, 0.3) is 5.91 Å². The Labute approximate surface area is 244 Å². The second-order valence-electron chi connectivity index (χ2n) is 10.8. The van der Waals surface area contributed by atoms with Crippen molar-refractivity contribution in [3.05, 3.63) is 90.6 Å². The van der Waals surface area contributed by atoms with E-state index in [0.29, 0.717) is 22.5 Å². The second-order valence-corrected chi connectivity index (χ2v) is 10.8. The number of nitrogens with zero attached hydrogens (tertiary/aromatic N) is 5. The molecule has 1 aliphatic carbocycles. The lowest BCUT2D eigenvalue weighted by molar-refractivity contribution is -0.128. The molecule has 2 heterocycles. The topological polar surface area (TPSA) is 102 Å². The highest BCUT2D eigenvalue weighted by atomic mass is 16.5. The predicted octanol–water partition coefficient (Wildman–Crippen LogP) is 5.77. The first-order valence-electron chi connectivity index (χ1n) is 14.5. The van der Waals surface area contributed by atoms with Crippen LogP contribution in [0, 0.1) is 0 Å². The molecule has 0 bridgehead atoms. The van der Waals surface area contributed by atoms with Gasteiger partial charge in [-0.3, -0.25) is 19.5 Å². The summed E-state index contributed by atoms with van der Waals surface area (Å²) in [6, 6.07) is 22.8. The van der Waals surface area contributed by atoms with Crippen molar-refractivity contribution in [1.82, 2.24) is 25.3 Å². The van der Waals surface area contributed by atoms with E-state index in [1.807, 2.05) is 78.9 Å². The van der Waals surface area contributed by atoms with E-state index in [1.54, 1.807) is 29.8 Å². The van der Waals surface area contributed by atoms with Gasteiger partial charge in [-0.05, 0) is 61.7 Å². The number of methoxy groups -OCH3 is 1. The van der Waals surface area contributed by atoms with Crippen molar-refractivity contribution < 1.29 is 14.3 Å². The number of hydrogen-bond donors (Lipinski definition) is 1. The number of rotatable bonds is 8. The van der Waals surface area contributed by atoms with E-state index in [0.717, 1.165) is 42.1 Å². The van der Waals surface area contributed by atoms with Crippen LogP contribution in [0.1, 0.15) is 56.7 Å². The fourth-order valence-electron chi connectivity index (χ4n) is 5.80. The van der Waals surface area contributed by atoms with E-state index in [2.05, 4.69) is 20.6 Å². The molecule has 6 rings (SSSR count). The third kappa shape index (κ3) is 5.42. The summed E-state index contributed by atoms with van der Waals surface area (Å²) in [6.07, 6.45) is 6.83. The maximum atomic E-state index is 14.7. The van der Waals surface area contributed by atoms with Crippen molar-refractivity contribution in [3.8, 4) is 5.75 Å². The van der Waals surface area contributed by atoms with Crippen LogP contribution in [0.3, 0.4) is 0 Å². The Balaban J connectivity index is 1.48. The van der Waals surface area contributed by atoms with Crippen LogP contribution in [-0.2, 0) is 9.59 Å². The molecule has 214 valence electrons. The molecule has 5 aromatic rings. The first-order chi connectivity index (χ1) is 20.5. The van der Waals surface area contributed by atoms with Crippen molar-refractivity contribution >= 4 is 39.4 Å². The van der Waals surface area contributed by atoms with Crippen LogP contribution >= 0.6 is 0 Å². The fourth-order valence-corrected chi connectivity index (χ4v) is 5.80. The zero-order chi connectivity index (χ0) is 29.1. The summed E-state index contributed by atoms with van der Waals surface area (Å²) in [5.74, 6) is 0.129. The summed E-state index contributed by atoms with van der Waals surface area (Å²) in [7, 11) is 1.60. The van der Waals surface area contributed by atoms with Gasteiger partial charge < -0.3 is 10.1 Å². The number of ether oxygens (including phenoxy) is 1. The Bertz CT molecular complexity index is 1710. The van der Waals surface area contributed by atoms with Crippen molar-refractivity contribution in [2.45, 2.75) is 57.2 Å². The molecule has 1 aliphatic rings. The average molecular weight is 563 g/mol. The Morgan fingerprint density at radius 1 is 0.952 bits per heavy atom. The highest BCUT2D eigenvalue weighted by Crippen LogP contribution is 2.33. The fraction of sp³-hybridized carbons (Fsp3) is 0.303. The molecular formula is C33H34N6O3. The number of carbonyl (C=O) groups is 2. The average Bonchev–Trinajstić information content (AvgIpc) is 3.47. The van der Waals surface area contributed by atoms with Gasteiger partial charge >= 0.3 is 0 Å². The lowest BCUT2D eigenvalue weighted by Crippen LogP contribution is -2.49. The second kappa shape index (κ2) is 12.0. The molecule has 9 nitrogen and oxygen atoms in total. The Morgan fingerprint density at radius 3 is 2.43 bits per heavy atom. The molecule has 1 fully saturated rings. The van der Waals surface area contributed by atoms with Crippen molar-refractivity contribution in [1.29, 1.82) is 0 Å². The van der Waals surface area contributed by atoms with Crippen LogP contribution in [0.25, 0.3) is 21.9 Å². The predicted molar refractivity (Wildman–Crippen MR) is 162 cm³/mol. The van der Waals surface area contributed by atoms with E-state index in [-0.39, 0.29) is 17.9 Å². The Kier molecular flexibility index (Phi) is 7.81. The number of para-hydroxylation sites is 2. The van der Waals surface area contributed by atoms with Gasteiger partial charge in [-0.15, -0.1) is 5.10 Å². The van der Waals surface area contributed by atoms with Gasteiger partial charge in [-0.1, -0.05) is 66.9 Å². The molecule has 9 heteroatoms. The summed E-state index contributed by atoms with van der Waals surface area (Å²) in [4.78, 5) is 35.2. The number of pyridine rings is 1. The highest BCUT2D eigenvalue weighted by molar-refractivity contribution is 6.04. The third-order valence-electron chi connectivity index (χ3n) is 8.08. The molecule has 42 heavy (non-hydrogen) atoms. The minimum atomic E-state index is -0.953. The molecule has 0 spiro atoms. The summed E-state index contributed by atoms with van der Waals surface area (Å²) >= 11 is 0. The lowest BCUT2D eigenvalue weighted by atomic mass is 9.94. The van der Waals surface area contributed by atoms with Crippen LogP contribution in [0.2, 0.25) is 0 Å². The maximum Gasteiger partial charge on any atom is 0.252 e. The number of hydrogen-bond acceptors (Lipinski definition) is 6.